The molecule has 140 valence electrons. The van der Waals surface area contributed by atoms with Crippen LogP contribution >= 0.6 is 0 Å². The van der Waals surface area contributed by atoms with Gasteiger partial charge in [0.15, 0.2) is 6.54 Å². The summed E-state index contributed by atoms with van der Waals surface area (Å²) in [4.78, 5) is 27.5. The second kappa shape index (κ2) is 8.46. The zero-order valence-electron chi connectivity index (χ0n) is 14.9. The van der Waals surface area contributed by atoms with Crippen LogP contribution in [0.25, 0.3) is 10.9 Å². The molecule has 7 heteroatoms. The zero-order valence-corrected chi connectivity index (χ0v) is 14.9. The molecule has 0 bridgehead atoms. The molecule has 4 N–H and O–H groups in total. The van der Waals surface area contributed by atoms with Gasteiger partial charge in [-0.15, -0.1) is 0 Å². The zero-order chi connectivity index (χ0) is 19.2. The highest BCUT2D eigenvalue weighted by molar-refractivity contribution is 6.11. The fourth-order valence-electron chi connectivity index (χ4n) is 2.82. The molecule has 0 atom stereocenters. The van der Waals surface area contributed by atoms with Crippen molar-refractivity contribution in [3.63, 3.8) is 0 Å². The highest BCUT2D eigenvalue weighted by Crippen LogP contribution is 2.29. The largest absolute Gasteiger partial charge is 0.461 e. The summed E-state index contributed by atoms with van der Waals surface area (Å²) in [7, 11) is 0. The number of aromatic amines is 1. The Labute approximate surface area is 155 Å². The van der Waals surface area contributed by atoms with Crippen molar-refractivity contribution in [3.05, 3.63) is 65.6 Å². The second-order valence-corrected chi connectivity index (χ2v) is 6.02. The summed E-state index contributed by atoms with van der Waals surface area (Å²) in [5, 5.41) is 4.99. The Kier molecular flexibility index (Phi) is 5.83. The van der Waals surface area contributed by atoms with Gasteiger partial charge in [-0.25, -0.2) is 9.18 Å². The number of hydrogen-bond donors (Lipinski definition) is 3. The van der Waals surface area contributed by atoms with Gasteiger partial charge in [-0.05, 0) is 25.1 Å². The van der Waals surface area contributed by atoms with Gasteiger partial charge >= 0.3 is 5.97 Å². The number of ether oxygens (including phenoxy) is 1. The van der Waals surface area contributed by atoms with Gasteiger partial charge in [-0.3, -0.25) is 4.79 Å². The van der Waals surface area contributed by atoms with Crippen molar-refractivity contribution in [2.75, 3.05) is 18.5 Å². The maximum Gasteiger partial charge on any atom is 0.356 e. The lowest BCUT2D eigenvalue weighted by Crippen LogP contribution is -2.84. The molecule has 0 saturated heterocycles. The molecule has 0 aliphatic carbocycles. The molecule has 0 aliphatic rings. The molecule has 0 fully saturated rings. The van der Waals surface area contributed by atoms with Crippen LogP contribution in [0.15, 0.2) is 48.5 Å². The van der Waals surface area contributed by atoms with Crippen LogP contribution in [0.2, 0.25) is 0 Å². The second-order valence-electron chi connectivity index (χ2n) is 6.02. The number of amides is 1. The number of rotatable bonds is 7. The molecular weight excluding hydrogens is 349 g/mol. The number of fused-ring (bicyclic) bond motifs is 1. The monoisotopic (exact) mass is 370 g/mol. The number of aromatic nitrogens is 1. The first-order chi connectivity index (χ1) is 13.1. The summed E-state index contributed by atoms with van der Waals surface area (Å²) in [5.41, 5.74) is 1.99. The number of esters is 1. The topological polar surface area (TPSA) is 87.8 Å². The van der Waals surface area contributed by atoms with Crippen LogP contribution in [0.5, 0.6) is 0 Å². The first-order valence-corrected chi connectivity index (χ1v) is 8.72. The van der Waals surface area contributed by atoms with Gasteiger partial charge in [0.05, 0.1) is 12.3 Å². The number of H-pyrrole nitrogens is 1. The Balaban J connectivity index is 1.75. The van der Waals surface area contributed by atoms with Crippen LogP contribution < -0.4 is 10.6 Å². The van der Waals surface area contributed by atoms with E-state index in [-0.39, 0.29) is 30.4 Å². The summed E-state index contributed by atoms with van der Waals surface area (Å²) in [6, 6.07) is 13.9. The van der Waals surface area contributed by atoms with E-state index < -0.39 is 11.8 Å². The smallest absolute Gasteiger partial charge is 0.356 e. The maximum atomic E-state index is 13.7. The van der Waals surface area contributed by atoms with Crippen molar-refractivity contribution in [3.8, 4) is 0 Å². The lowest BCUT2D eigenvalue weighted by Gasteiger charge is -2.07. The van der Waals surface area contributed by atoms with Crippen LogP contribution in [0.3, 0.4) is 0 Å². The van der Waals surface area contributed by atoms with Gasteiger partial charge in [-0.2, -0.15) is 0 Å². The summed E-state index contributed by atoms with van der Waals surface area (Å²) >= 11 is 0. The number of carbonyl (C=O) groups is 2. The molecular formula is C20H21FN3O3+. The van der Waals surface area contributed by atoms with Crippen LogP contribution in [-0.2, 0) is 16.1 Å². The molecule has 6 nitrogen and oxygen atoms in total. The molecule has 0 aliphatic heterocycles. The minimum atomic E-state index is -0.599. The van der Waals surface area contributed by atoms with Crippen LogP contribution in [0, 0.1) is 5.82 Å². The van der Waals surface area contributed by atoms with E-state index in [1.807, 2.05) is 35.6 Å². The SMILES string of the molecule is CCOC(=O)c1[nH]c2ccc(F)cc2c1NC(=O)C[NH2+]Cc1ccccc1. The molecule has 0 saturated carbocycles. The van der Waals surface area contributed by atoms with E-state index in [1.165, 1.54) is 18.2 Å². The van der Waals surface area contributed by atoms with Crippen molar-refractivity contribution in [1.29, 1.82) is 0 Å². The Morgan fingerprint density at radius 1 is 1.19 bits per heavy atom. The van der Waals surface area contributed by atoms with E-state index in [1.54, 1.807) is 6.92 Å². The molecule has 2 aromatic carbocycles. The molecule has 0 spiro atoms. The van der Waals surface area contributed by atoms with E-state index in [0.717, 1.165) is 5.56 Å². The summed E-state index contributed by atoms with van der Waals surface area (Å²) < 4.78 is 18.7. The highest BCUT2D eigenvalue weighted by Gasteiger charge is 2.21. The first kappa shape index (κ1) is 18.6. The number of quaternary nitrogens is 1. The number of anilines is 1. The van der Waals surface area contributed by atoms with E-state index >= 15 is 0 Å². The Morgan fingerprint density at radius 3 is 2.70 bits per heavy atom. The molecule has 0 radical (unpaired) electrons. The third-order valence-electron chi connectivity index (χ3n) is 4.06. The number of hydrogen-bond acceptors (Lipinski definition) is 3. The molecule has 0 unspecified atom stereocenters. The van der Waals surface area contributed by atoms with Crippen molar-refractivity contribution in [2.45, 2.75) is 13.5 Å². The minimum Gasteiger partial charge on any atom is -0.461 e. The standard InChI is InChI=1S/C20H20FN3O3/c1-2-27-20(26)19-18(15-10-14(21)8-9-16(15)23-19)24-17(25)12-22-11-13-6-4-3-5-7-13/h3-10,22-23H,2,11-12H2,1H3,(H,24,25)/p+1. The normalized spacial score (nSPS) is 10.7. The summed E-state index contributed by atoms with van der Waals surface area (Å²) in [5.74, 6) is -1.35. The highest BCUT2D eigenvalue weighted by atomic mass is 19.1. The van der Waals surface area contributed by atoms with E-state index in [0.29, 0.717) is 17.4 Å². The van der Waals surface area contributed by atoms with Gasteiger partial charge in [0.25, 0.3) is 5.91 Å². The number of nitrogens with one attached hydrogen (secondary N) is 2. The minimum absolute atomic E-state index is 0.105. The van der Waals surface area contributed by atoms with E-state index in [9.17, 15) is 14.0 Å². The van der Waals surface area contributed by atoms with Crippen molar-refractivity contribution in [2.24, 2.45) is 0 Å². The van der Waals surface area contributed by atoms with Crippen LogP contribution in [0.4, 0.5) is 10.1 Å². The molecule has 27 heavy (non-hydrogen) atoms. The van der Waals surface area contributed by atoms with Crippen LogP contribution in [-0.4, -0.2) is 30.0 Å². The van der Waals surface area contributed by atoms with Gasteiger partial charge in [-0.1, -0.05) is 30.3 Å². The third-order valence-corrected chi connectivity index (χ3v) is 4.06. The summed E-state index contributed by atoms with van der Waals surface area (Å²) in [6.45, 7) is 2.71. The average Bonchev–Trinajstić information content (AvgIpc) is 3.00. The van der Waals surface area contributed by atoms with Gasteiger partial charge in [0.2, 0.25) is 0 Å². The Hall–Kier alpha value is -3.19. The van der Waals surface area contributed by atoms with Gasteiger partial charge in [0.1, 0.15) is 18.1 Å². The van der Waals surface area contributed by atoms with Crippen molar-refractivity contribution in [1.82, 2.24) is 4.98 Å². The van der Waals surface area contributed by atoms with Crippen molar-refractivity contribution >= 4 is 28.5 Å². The fraction of sp³-hybridized carbons (Fsp3) is 0.200. The van der Waals surface area contributed by atoms with E-state index in [4.69, 9.17) is 4.74 Å². The Bertz CT molecular complexity index is 954. The fourth-order valence-corrected chi connectivity index (χ4v) is 2.82. The number of benzene rings is 2. The quantitative estimate of drug-likeness (QED) is 0.557. The Morgan fingerprint density at radius 2 is 1.96 bits per heavy atom. The number of halogens is 1. The number of nitrogens with two attached hydrogens (primary N) is 1. The third kappa shape index (κ3) is 4.51. The van der Waals surface area contributed by atoms with Crippen LogP contribution in [0.1, 0.15) is 23.0 Å². The molecule has 1 amide bonds. The van der Waals surface area contributed by atoms with Gasteiger partial charge in [0, 0.05) is 16.5 Å². The lowest BCUT2D eigenvalue weighted by atomic mass is 10.2. The maximum absolute atomic E-state index is 13.7. The molecule has 1 aromatic heterocycles. The molecule has 3 aromatic rings. The summed E-state index contributed by atoms with van der Waals surface area (Å²) in [6.07, 6.45) is 0. The lowest BCUT2D eigenvalue weighted by molar-refractivity contribution is -0.659. The average molecular weight is 370 g/mol. The van der Waals surface area contributed by atoms with E-state index in [2.05, 4.69) is 10.3 Å². The predicted octanol–water partition coefficient (Wildman–Crippen LogP) is 2.19. The van der Waals surface area contributed by atoms with Gasteiger partial charge < -0.3 is 20.4 Å². The predicted molar refractivity (Wildman–Crippen MR) is 99.8 cm³/mol. The molecule has 3 rings (SSSR count). The van der Waals surface area contributed by atoms with Crippen molar-refractivity contribution < 1.29 is 24.0 Å². The molecule has 1 heterocycles. The first-order valence-electron chi connectivity index (χ1n) is 8.72. The number of carbonyl (C=O) groups excluding carboxylic acids is 2.